The molecule has 6 nitrogen and oxygen atoms in total. The third kappa shape index (κ3) is 4.63. The number of ether oxygens (including phenoxy) is 2. The second-order valence-corrected chi connectivity index (χ2v) is 8.24. The first-order valence-corrected chi connectivity index (χ1v) is 10.9. The van der Waals surface area contributed by atoms with E-state index < -0.39 is 22.5 Å². The van der Waals surface area contributed by atoms with E-state index in [0.29, 0.717) is 17.0 Å². The summed E-state index contributed by atoms with van der Waals surface area (Å²) < 4.78 is 38.3. The van der Waals surface area contributed by atoms with Gasteiger partial charge in [-0.25, -0.2) is 8.42 Å². The quantitative estimate of drug-likeness (QED) is 0.508. The van der Waals surface area contributed by atoms with Crippen LogP contribution in [-0.4, -0.2) is 34.6 Å². The van der Waals surface area contributed by atoms with E-state index in [9.17, 15) is 13.2 Å². The second-order valence-electron chi connectivity index (χ2n) is 6.38. The molecule has 0 saturated heterocycles. The van der Waals surface area contributed by atoms with Gasteiger partial charge in [0, 0.05) is 5.56 Å². The zero-order valence-electron chi connectivity index (χ0n) is 16.8. The van der Waals surface area contributed by atoms with Gasteiger partial charge in [0.2, 0.25) is 0 Å². The fourth-order valence-corrected chi connectivity index (χ4v) is 4.48. The molecule has 30 heavy (non-hydrogen) atoms. The molecule has 3 aromatic rings. The molecule has 0 aromatic heterocycles. The summed E-state index contributed by atoms with van der Waals surface area (Å²) in [5.74, 6) is -0.0898. The number of benzene rings is 3. The minimum Gasteiger partial charge on any atom is -0.497 e. The van der Waals surface area contributed by atoms with Gasteiger partial charge in [0.1, 0.15) is 12.3 Å². The number of esters is 1. The average Bonchev–Trinajstić information content (AvgIpc) is 2.78. The lowest BCUT2D eigenvalue weighted by Gasteiger charge is -2.26. The average molecular weight is 426 g/mol. The van der Waals surface area contributed by atoms with Gasteiger partial charge in [-0.2, -0.15) is 0 Å². The summed E-state index contributed by atoms with van der Waals surface area (Å²) in [5.41, 5.74) is 1.93. The first kappa shape index (κ1) is 21.4. The number of methoxy groups -OCH3 is 1. The van der Waals surface area contributed by atoms with Gasteiger partial charge < -0.3 is 9.47 Å². The minimum atomic E-state index is -4.05. The molecule has 0 heterocycles. The summed E-state index contributed by atoms with van der Waals surface area (Å²) in [6.07, 6.45) is 0. The van der Waals surface area contributed by atoms with Gasteiger partial charge >= 0.3 is 5.97 Å². The molecule has 0 aliphatic rings. The molecule has 7 heteroatoms. The van der Waals surface area contributed by atoms with Crippen LogP contribution in [0.1, 0.15) is 6.92 Å². The standard InChI is InChI=1S/C23H23NO5S/c1-3-29-23(25)17-24(30(26,27)20-15-13-19(28-2)14-16-20)22-12-8-7-11-21(22)18-9-5-4-6-10-18/h4-16H,3,17H2,1-2H3. The second kappa shape index (κ2) is 9.45. The van der Waals surface area contributed by atoms with Crippen LogP contribution >= 0.6 is 0 Å². The van der Waals surface area contributed by atoms with Crippen LogP contribution in [0.15, 0.2) is 83.8 Å². The van der Waals surface area contributed by atoms with E-state index in [1.54, 1.807) is 31.2 Å². The molecule has 0 aliphatic heterocycles. The van der Waals surface area contributed by atoms with Gasteiger partial charge in [-0.05, 0) is 42.8 Å². The van der Waals surface area contributed by atoms with Crippen LogP contribution in [0.3, 0.4) is 0 Å². The van der Waals surface area contributed by atoms with Crippen LogP contribution in [0.4, 0.5) is 5.69 Å². The molecule has 0 fully saturated rings. The van der Waals surface area contributed by atoms with Crippen LogP contribution in [0.25, 0.3) is 11.1 Å². The first-order chi connectivity index (χ1) is 14.5. The Hall–Kier alpha value is -3.32. The number of carbonyl (C=O) groups excluding carboxylic acids is 1. The van der Waals surface area contributed by atoms with Gasteiger partial charge in [0.25, 0.3) is 10.0 Å². The fourth-order valence-electron chi connectivity index (χ4n) is 3.05. The lowest BCUT2D eigenvalue weighted by Crippen LogP contribution is -2.37. The highest BCUT2D eigenvalue weighted by atomic mass is 32.2. The molecule has 0 amide bonds. The molecular weight excluding hydrogens is 402 g/mol. The third-order valence-corrected chi connectivity index (χ3v) is 6.26. The zero-order valence-corrected chi connectivity index (χ0v) is 17.6. The largest absolute Gasteiger partial charge is 0.497 e. The highest BCUT2D eigenvalue weighted by molar-refractivity contribution is 7.92. The lowest BCUT2D eigenvalue weighted by atomic mass is 10.0. The van der Waals surface area contributed by atoms with Crippen molar-refractivity contribution >= 4 is 21.7 Å². The Kier molecular flexibility index (Phi) is 6.74. The Labute approximate surface area is 176 Å². The van der Waals surface area contributed by atoms with E-state index in [0.717, 1.165) is 9.87 Å². The van der Waals surface area contributed by atoms with Crippen molar-refractivity contribution in [2.75, 3.05) is 24.6 Å². The van der Waals surface area contributed by atoms with E-state index in [1.807, 2.05) is 42.5 Å². The Bertz CT molecular complexity index is 1100. The predicted octanol–water partition coefficient (Wildman–Crippen LogP) is 4.12. The molecule has 3 aromatic carbocycles. The van der Waals surface area contributed by atoms with Crippen LogP contribution in [0, 0.1) is 0 Å². The molecule has 0 unspecified atom stereocenters. The Morgan fingerprint density at radius 1 is 0.900 bits per heavy atom. The molecule has 156 valence electrons. The van der Waals surface area contributed by atoms with Crippen molar-refractivity contribution in [2.45, 2.75) is 11.8 Å². The van der Waals surface area contributed by atoms with Gasteiger partial charge in [-0.3, -0.25) is 9.10 Å². The summed E-state index contributed by atoms with van der Waals surface area (Å²) in [6.45, 7) is 1.40. The zero-order chi connectivity index (χ0) is 21.6. The molecule has 0 bridgehead atoms. The fraction of sp³-hybridized carbons (Fsp3) is 0.174. The third-order valence-electron chi connectivity index (χ3n) is 4.48. The van der Waals surface area contributed by atoms with Crippen molar-refractivity contribution in [1.29, 1.82) is 0 Å². The number of hydrogen-bond acceptors (Lipinski definition) is 5. The molecule has 3 rings (SSSR count). The van der Waals surface area contributed by atoms with Gasteiger partial charge in [-0.1, -0.05) is 48.5 Å². The first-order valence-electron chi connectivity index (χ1n) is 9.44. The smallest absolute Gasteiger partial charge is 0.326 e. The van der Waals surface area contributed by atoms with Crippen LogP contribution in [0.5, 0.6) is 5.75 Å². The van der Waals surface area contributed by atoms with Crippen molar-refractivity contribution in [3.8, 4) is 16.9 Å². The van der Waals surface area contributed by atoms with Crippen molar-refractivity contribution in [1.82, 2.24) is 0 Å². The van der Waals surface area contributed by atoms with E-state index in [-0.39, 0.29) is 11.5 Å². The van der Waals surface area contributed by atoms with E-state index in [4.69, 9.17) is 9.47 Å². The molecule has 0 saturated carbocycles. The molecular formula is C23H23NO5S. The van der Waals surface area contributed by atoms with Crippen molar-refractivity contribution < 1.29 is 22.7 Å². The van der Waals surface area contributed by atoms with Crippen molar-refractivity contribution in [3.63, 3.8) is 0 Å². The normalized spacial score (nSPS) is 11.0. The van der Waals surface area contributed by atoms with Crippen LogP contribution in [0.2, 0.25) is 0 Å². The van der Waals surface area contributed by atoms with Crippen LogP contribution in [-0.2, 0) is 19.6 Å². The number of carbonyl (C=O) groups is 1. The summed E-state index contributed by atoms with van der Waals surface area (Å²) in [6, 6.07) is 22.5. The predicted molar refractivity (Wildman–Crippen MR) is 116 cm³/mol. The molecule has 0 aliphatic carbocycles. The number of para-hydroxylation sites is 1. The number of anilines is 1. The van der Waals surface area contributed by atoms with Crippen molar-refractivity contribution in [2.24, 2.45) is 0 Å². The summed E-state index contributed by atoms with van der Waals surface area (Å²) in [5, 5.41) is 0. The number of hydrogen-bond donors (Lipinski definition) is 0. The molecule has 0 radical (unpaired) electrons. The summed E-state index contributed by atoms with van der Waals surface area (Å²) >= 11 is 0. The highest BCUT2D eigenvalue weighted by Gasteiger charge is 2.29. The lowest BCUT2D eigenvalue weighted by molar-refractivity contribution is -0.141. The maximum atomic E-state index is 13.5. The Morgan fingerprint density at radius 2 is 1.53 bits per heavy atom. The van der Waals surface area contributed by atoms with Crippen molar-refractivity contribution in [3.05, 3.63) is 78.9 Å². The number of nitrogens with zero attached hydrogens (tertiary/aromatic N) is 1. The van der Waals surface area contributed by atoms with E-state index in [1.165, 1.54) is 19.2 Å². The molecule has 0 N–H and O–H groups in total. The number of rotatable bonds is 8. The molecule has 0 spiro atoms. The number of sulfonamides is 1. The Morgan fingerprint density at radius 3 is 2.17 bits per heavy atom. The topological polar surface area (TPSA) is 72.9 Å². The maximum absolute atomic E-state index is 13.5. The van der Waals surface area contributed by atoms with Gasteiger partial charge in [0.05, 0.1) is 24.3 Å². The van der Waals surface area contributed by atoms with Gasteiger partial charge in [-0.15, -0.1) is 0 Å². The van der Waals surface area contributed by atoms with E-state index in [2.05, 4.69) is 0 Å². The SMILES string of the molecule is CCOC(=O)CN(c1ccccc1-c1ccccc1)S(=O)(=O)c1ccc(OC)cc1. The van der Waals surface area contributed by atoms with Crippen LogP contribution < -0.4 is 9.04 Å². The minimum absolute atomic E-state index is 0.0514. The maximum Gasteiger partial charge on any atom is 0.326 e. The van der Waals surface area contributed by atoms with E-state index >= 15 is 0 Å². The monoisotopic (exact) mass is 425 g/mol. The highest BCUT2D eigenvalue weighted by Crippen LogP contribution is 2.34. The molecule has 0 atom stereocenters. The Balaban J connectivity index is 2.13. The summed E-state index contributed by atoms with van der Waals surface area (Å²) in [7, 11) is -2.54. The van der Waals surface area contributed by atoms with Gasteiger partial charge in [0.15, 0.2) is 0 Å². The summed E-state index contributed by atoms with van der Waals surface area (Å²) in [4.78, 5) is 12.4.